The van der Waals surface area contributed by atoms with Crippen molar-refractivity contribution in [1.82, 2.24) is 5.32 Å². The lowest BCUT2D eigenvalue weighted by Gasteiger charge is -2.26. The van der Waals surface area contributed by atoms with Crippen molar-refractivity contribution in [1.29, 1.82) is 0 Å². The summed E-state index contributed by atoms with van der Waals surface area (Å²) in [5, 5.41) is 12.3. The van der Waals surface area contributed by atoms with Gasteiger partial charge in [0.25, 0.3) is 0 Å². The smallest absolute Gasteiger partial charge is 0.0456 e. The molecule has 1 unspecified atom stereocenters. The fourth-order valence-electron chi connectivity index (χ4n) is 1.46. The van der Waals surface area contributed by atoms with E-state index in [1.165, 1.54) is 25.7 Å². The van der Waals surface area contributed by atoms with Crippen molar-refractivity contribution < 1.29 is 5.11 Å². The highest BCUT2D eigenvalue weighted by atomic mass is 16.3. The molecule has 1 saturated carbocycles. The van der Waals surface area contributed by atoms with E-state index in [1.54, 1.807) is 0 Å². The molecule has 0 amide bonds. The summed E-state index contributed by atoms with van der Waals surface area (Å²) in [7, 11) is 0. The van der Waals surface area contributed by atoms with Gasteiger partial charge in [-0.3, -0.25) is 0 Å². The van der Waals surface area contributed by atoms with Gasteiger partial charge in [-0.1, -0.05) is 13.3 Å². The first-order valence-electron chi connectivity index (χ1n) is 5.17. The summed E-state index contributed by atoms with van der Waals surface area (Å²) < 4.78 is 0. The molecular formula is C10H21NO. The minimum absolute atomic E-state index is 0.337. The Hall–Kier alpha value is -0.0800. The average Bonchev–Trinajstić information content (AvgIpc) is 2.00. The summed E-state index contributed by atoms with van der Waals surface area (Å²) in [5.41, 5.74) is 0. The van der Waals surface area contributed by atoms with Gasteiger partial charge < -0.3 is 10.4 Å². The van der Waals surface area contributed by atoms with Gasteiger partial charge in [0, 0.05) is 12.6 Å². The molecule has 0 saturated heterocycles. The molecule has 1 aliphatic rings. The predicted molar refractivity (Wildman–Crippen MR) is 51.1 cm³/mol. The number of nitrogens with one attached hydrogen (secondary N) is 1. The molecule has 1 rings (SSSR count). The number of aliphatic hydroxyl groups is 1. The van der Waals surface area contributed by atoms with E-state index in [4.69, 9.17) is 5.11 Å². The molecular weight excluding hydrogens is 150 g/mol. The van der Waals surface area contributed by atoms with Crippen LogP contribution in [0.4, 0.5) is 0 Å². The van der Waals surface area contributed by atoms with Crippen LogP contribution in [-0.2, 0) is 0 Å². The summed E-state index contributed by atoms with van der Waals surface area (Å²) >= 11 is 0. The molecule has 1 aliphatic carbocycles. The maximum absolute atomic E-state index is 8.78. The number of hydrogen-bond donors (Lipinski definition) is 2. The molecule has 2 heteroatoms. The average molecular weight is 171 g/mol. The Labute approximate surface area is 75.4 Å². The lowest BCUT2D eigenvalue weighted by Crippen LogP contribution is -2.35. The molecule has 12 heavy (non-hydrogen) atoms. The summed E-state index contributed by atoms with van der Waals surface area (Å²) in [5.74, 6) is 0.480. The van der Waals surface area contributed by atoms with Crippen molar-refractivity contribution in [2.45, 2.75) is 45.1 Å². The highest BCUT2D eigenvalue weighted by Gasteiger charge is 2.15. The molecule has 0 heterocycles. The summed E-state index contributed by atoms with van der Waals surface area (Å²) in [6.07, 6.45) is 6.50. The maximum atomic E-state index is 8.78. The van der Waals surface area contributed by atoms with Crippen LogP contribution in [0.15, 0.2) is 0 Å². The van der Waals surface area contributed by atoms with Gasteiger partial charge in [-0.05, 0) is 38.1 Å². The summed E-state index contributed by atoms with van der Waals surface area (Å²) in [6.45, 7) is 3.57. The zero-order chi connectivity index (χ0) is 8.81. The second kappa shape index (κ2) is 5.55. The number of hydrogen-bond acceptors (Lipinski definition) is 2. The van der Waals surface area contributed by atoms with E-state index in [-0.39, 0.29) is 0 Å². The van der Waals surface area contributed by atoms with Crippen LogP contribution in [0.3, 0.4) is 0 Å². The van der Waals surface area contributed by atoms with Gasteiger partial charge >= 0.3 is 0 Å². The van der Waals surface area contributed by atoms with Crippen molar-refractivity contribution in [2.75, 3.05) is 13.2 Å². The Morgan fingerprint density at radius 2 is 2.25 bits per heavy atom. The van der Waals surface area contributed by atoms with E-state index < -0.39 is 0 Å². The predicted octanol–water partition coefficient (Wildman–Crippen LogP) is 1.54. The molecule has 72 valence electrons. The fraction of sp³-hybridized carbons (Fsp3) is 1.00. The Balaban J connectivity index is 1.82. The van der Waals surface area contributed by atoms with E-state index in [2.05, 4.69) is 12.2 Å². The third kappa shape index (κ3) is 3.55. The minimum atomic E-state index is 0.337. The molecule has 2 nitrogen and oxygen atoms in total. The van der Waals surface area contributed by atoms with Crippen LogP contribution >= 0.6 is 0 Å². The molecule has 0 aliphatic heterocycles. The molecule has 0 spiro atoms. The van der Waals surface area contributed by atoms with Crippen molar-refractivity contribution in [3.05, 3.63) is 0 Å². The van der Waals surface area contributed by atoms with Gasteiger partial charge in [0.05, 0.1) is 0 Å². The lowest BCUT2D eigenvalue weighted by atomic mass is 9.93. The van der Waals surface area contributed by atoms with Gasteiger partial charge in [-0.2, -0.15) is 0 Å². The molecule has 0 aromatic heterocycles. The summed E-state index contributed by atoms with van der Waals surface area (Å²) in [6, 6.07) is 0.814. The summed E-state index contributed by atoms with van der Waals surface area (Å²) in [4.78, 5) is 0. The normalized spacial score (nSPS) is 20.5. The quantitative estimate of drug-likeness (QED) is 0.594. The van der Waals surface area contributed by atoms with Crippen LogP contribution in [0.25, 0.3) is 0 Å². The number of rotatable bonds is 6. The molecule has 2 N–H and O–H groups in total. The van der Waals surface area contributed by atoms with Crippen LogP contribution in [0.1, 0.15) is 39.0 Å². The van der Waals surface area contributed by atoms with Crippen molar-refractivity contribution in [2.24, 2.45) is 5.92 Å². The molecule has 1 atom stereocenters. The first-order chi connectivity index (χ1) is 5.83. The van der Waals surface area contributed by atoms with Gasteiger partial charge in [-0.25, -0.2) is 0 Å². The third-order valence-corrected chi connectivity index (χ3v) is 2.72. The molecule has 1 fully saturated rings. The Morgan fingerprint density at radius 3 is 2.75 bits per heavy atom. The highest BCUT2D eigenvalue weighted by Crippen LogP contribution is 2.17. The van der Waals surface area contributed by atoms with Crippen LogP contribution < -0.4 is 5.32 Å². The zero-order valence-corrected chi connectivity index (χ0v) is 8.05. The van der Waals surface area contributed by atoms with Crippen molar-refractivity contribution in [3.63, 3.8) is 0 Å². The fourth-order valence-corrected chi connectivity index (χ4v) is 1.46. The Morgan fingerprint density at radius 1 is 1.50 bits per heavy atom. The van der Waals surface area contributed by atoms with E-state index in [0.717, 1.165) is 19.0 Å². The van der Waals surface area contributed by atoms with Crippen LogP contribution in [0.5, 0.6) is 0 Å². The SMILES string of the molecule is CC(CO)CCCNC1CCC1. The van der Waals surface area contributed by atoms with E-state index in [0.29, 0.717) is 12.5 Å². The first-order valence-corrected chi connectivity index (χ1v) is 5.17. The Bertz CT molecular complexity index is 106. The molecule has 0 radical (unpaired) electrons. The van der Waals surface area contributed by atoms with Crippen LogP contribution in [-0.4, -0.2) is 24.3 Å². The number of aliphatic hydroxyl groups excluding tert-OH is 1. The van der Waals surface area contributed by atoms with E-state index in [9.17, 15) is 0 Å². The maximum Gasteiger partial charge on any atom is 0.0456 e. The van der Waals surface area contributed by atoms with Gasteiger partial charge in [0.2, 0.25) is 0 Å². The van der Waals surface area contributed by atoms with Gasteiger partial charge in [0.15, 0.2) is 0 Å². The van der Waals surface area contributed by atoms with Crippen LogP contribution in [0, 0.1) is 5.92 Å². The third-order valence-electron chi connectivity index (χ3n) is 2.72. The monoisotopic (exact) mass is 171 g/mol. The lowest BCUT2D eigenvalue weighted by molar-refractivity contribution is 0.226. The molecule has 0 bridgehead atoms. The molecule has 0 aromatic rings. The van der Waals surface area contributed by atoms with Crippen molar-refractivity contribution in [3.8, 4) is 0 Å². The largest absolute Gasteiger partial charge is 0.396 e. The van der Waals surface area contributed by atoms with Gasteiger partial charge in [0.1, 0.15) is 0 Å². The van der Waals surface area contributed by atoms with E-state index >= 15 is 0 Å². The minimum Gasteiger partial charge on any atom is -0.396 e. The zero-order valence-electron chi connectivity index (χ0n) is 8.05. The van der Waals surface area contributed by atoms with Crippen LogP contribution in [0.2, 0.25) is 0 Å². The Kier molecular flexibility index (Phi) is 4.62. The topological polar surface area (TPSA) is 32.3 Å². The van der Waals surface area contributed by atoms with Crippen molar-refractivity contribution >= 4 is 0 Å². The standard InChI is InChI=1S/C10H21NO/c1-9(8-12)4-3-7-11-10-5-2-6-10/h9-12H,2-8H2,1H3. The second-order valence-corrected chi connectivity index (χ2v) is 4.01. The first kappa shape index (κ1) is 10.0. The molecule has 0 aromatic carbocycles. The second-order valence-electron chi connectivity index (χ2n) is 4.01. The highest BCUT2D eigenvalue weighted by molar-refractivity contribution is 4.75. The van der Waals surface area contributed by atoms with Gasteiger partial charge in [-0.15, -0.1) is 0 Å². The van der Waals surface area contributed by atoms with E-state index in [1.807, 2.05) is 0 Å².